The number of ketones is 1. The number of carbonyl (C=O) groups is 2. The molecule has 0 radical (unpaired) electrons. The van der Waals surface area contributed by atoms with Crippen molar-refractivity contribution in [1.29, 1.82) is 0 Å². The van der Waals surface area contributed by atoms with Gasteiger partial charge in [0.05, 0.1) is 25.3 Å². The van der Waals surface area contributed by atoms with Crippen LogP contribution in [0.5, 0.6) is 17.2 Å². The van der Waals surface area contributed by atoms with Gasteiger partial charge in [-0.1, -0.05) is 32.6 Å². The van der Waals surface area contributed by atoms with Gasteiger partial charge < -0.3 is 29.1 Å². The van der Waals surface area contributed by atoms with Crippen LogP contribution >= 0.6 is 0 Å². The van der Waals surface area contributed by atoms with Gasteiger partial charge in [-0.3, -0.25) is 9.59 Å². The van der Waals surface area contributed by atoms with Gasteiger partial charge in [-0.25, -0.2) is 0 Å². The number of likely N-dealkylation sites (tertiary alicyclic amines) is 1. The van der Waals surface area contributed by atoms with E-state index in [1.54, 1.807) is 42.5 Å². The van der Waals surface area contributed by atoms with Crippen molar-refractivity contribution in [3.8, 4) is 17.2 Å². The Balaban J connectivity index is 2.15. The monoisotopic (exact) mass is 522 g/mol. The zero-order chi connectivity index (χ0) is 27.8. The van der Waals surface area contributed by atoms with Gasteiger partial charge in [0.15, 0.2) is 11.5 Å². The number of aryl methyl sites for hydroxylation is 1. The van der Waals surface area contributed by atoms with E-state index in [0.29, 0.717) is 54.7 Å². The molecule has 0 saturated carbocycles. The van der Waals surface area contributed by atoms with Crippen LogP contribution in [0, 0.1) is 6.92 Å². The third-order valence-corrected chi connectivity index (χ3v) is 6.72. The summed E-state index contributed by atoms with van der Waals surface area (Å²) >= 11 is 0. The average molecular weight is 523 g/mol. The number of amides is 1. The lowest BCUT2D eigenvalue weighted by Gasteiger charge is -2.28. The second kappa shape index (κ2) is 13.1. The molecule has 8 heteroatoms. The fourth-order valence-electron chi connectivity index (χ4n) is 4.67. The first-order valence-electron chi connectivity index (χ1n) is 13.0. The number of ether oxygens (including phenoxy) is 3. The molecule has 0 aliphatic carbocycles. The van der Waals surface area contributed by atoms with Crippen LogP contribution in [0.3, 0.4) is 0 Å². The average Bonchev–Trinajstić information content (AvgIpc) is 3.17. The van der Waals surface area contributed by atoms with Crippen LogP contribution in [0.4, 0.5) is 0 Å². The van der Waals surface area contributed by atoms with Gasteiger partial charge >= 0.3 is 0 Å². The molecule has 1 atom stereocenters. The number of hydrogen-bond donors (Lipinski definition) is 1. The molecule has 2 aromatic carbocycles. The summed E-state index contributed by atoms with van der Waals surface area (Å²) in [5.74, 6) is 0.0573. The Morgan fingerprint density at radius 2 is 1.82 bits per heavy atom. The summed E-state index contributed by atoms with van der Waals surface area (Å²) in [6, 6.07) is 9.74. The Morgan fingerprint density at radius 1 is 1.08 bits per heavy atom. The van der Waals surface area contributed by atoms with Crippen molar-refractivity contribution in [1.82, 2.24) is 9.80 Å². The molecule has 1 amide bonds. The van der Waals surface area contributed by atoms with Gasteiger partial charge in [0.25, 0.3) is 11.7 Å². The quantitative estimate of drug-likeness (QED) is 0.176. The number of benzene rings is 2. The molecule has 204 valence electrons. The number of hydrogen-bond acceptors (Lipinski definition) is 7. The lowest BCUT2D eigenvalue weighted by Crippen LogP contribution is -2.38. The molecule has 0 spiro atoms. The van der Waals surface area contributed by atoms with Crippen LogP contribution in [0.2, 0.25) is 0 Å². The Kier molecular flexibility index (Phi) is 9.96. The van der Waals surface area contributed by atoms with Crippen molar-refractivity contribution >= 4 is 17.4 Å². The molecule has 1 aliphatic heterocycles. The molecule has 1 aliphatic rings. The molecule has 1 saturated heterocycles. The standard InChI is InChI=1S/C30H38N2O6/c1-7-17-38-24-14-11-21(19-25(24)36-6)27-26(28(33)23-13-12-22(37-10-4)18-20(23)5)29(34)30(35)32(27)16-15-31(8-2)9-3/h7,11-14,18-19,27,33H,1,8-10,15-17H2,2-6H3/b28-26+. The summed E-state index contributed by atoms with van der Waals surface area (Å²) in [5, 5.41) is 11.5. The van der Waals surface area contributed by atoms with Crippen LogP contribution in [0.1, 0.15) is 43.5 Å². The van der Waals surface area contributed by atoms with Crippen molar-refractivity contribution in [2.45, 2.75) is 33.7 Å². The van der Waals surface area contributed by atoms with Crippen molar-refractivity contribution in [2.75, 3.05) is 46.5 Å². The number of aliphatic hydroxyl groups excluding tert-OH is 1. The van der Waals surface area contributed by atoms with Crippen molar-refractivity contribution in [2.24, 2.45) is 0 Å². The van der Waals surface area contributed by atoms with Crippen LogP contribution in [-0.4, -0.2) is 73.1 Å². The Bertz CT molecular complexity index is 1200. The van der Waals surface area contributed by atoms with E-state index < -0.39 is 17.7 Å². The summed E-state index contributed by atoms with van der Waals surface area (Å²) in [5.41, 5.74) is 1.88. The smallest absolute Gasteiger partial charge is 0.295 e. The predicted molar refractivity (Wildman–Crippen MR) is 148 cm³/mol. The van der Waals surface area contributed by atoms with E-state index in [2.05, 4.69) is 25.3 Å². The zero-order valence-corrected chi connectivity index (χ0v) is 23.0. The second-order valence-electron chi connectivity index (χ2n) is 8.94. The zero-order valence-electron chi connectivity index (χ0n) is 23.0. The summed E-state index contributed by atoms with van der Waals surface area (Å²) in [7, 11) is 1.53. The lowest BCUT2D eigenvalue weighted by molar-refractivity contribution is -0.140. The third-order valence-electron chi connectivity index (χ3n) is 6.72. The van der Waals surface area contributed by atoms with E-state index in [1.807, 2.05) is 13.8 Å². The number of nitrogens with zero attached hydrogens (tertiary/aromatic N) is 2. The Morgan fingerprint density at radius 3 is 2.42 bits per heavy atom. The third kappa shape index (κ3) is 6.02. The molecule has 2 aromatic rings. The molecule has 8 nitrogen and oxygen atoms in total. The molecule has 3 rings (SSSR count). The van der Waals surface area contributed by atoms with Crippen molar-refractivity contribution < 1.29 is 28.9 Å². The number of aliphatic hydroxyl groups is 1. The van der Waals surface area contributed by atoms with Crippen LogP contribution in [0.25, 0.3) is 5.76 Å². The summed E-state index contributed by atoms with van der Waals surface area (Å²) in [6.07, 6.45) is 1.63. The first-order valence-corrected chi connectivity index (χ1v) is 13.0. The lowest BCUT2D eigenvalue weighted by atomic mass is 9.93. The highest BCUT2D eigenvalue weighted by Crippen LogP contribution is 2.42. The molecule has 1 fully saturated rings. The van der Waals surface area contributed by atoms with Gasteiger partial charge in [-0.15, -0.1) is 0 Å². The number of carbonyl (C=O) groups excluding carboxylic acids is 2. The molecular formula is C30H38N2O6. The molecule has 38 heavy (non-hydrogen) atoms. The first-order chi connectivity index (χ1) is 18.3. The van der Waals surface area contributed by atoms with Crippen LogP contribution in [0.15, 0.2) is 54.6 Å². The van der Waals surface area contributed by atoms with E-state index >= 15 is 0 Å². The molecule has 0 bridgehead atoms. The van der Waals surface area contributed by atoms with Crippen molar-refractivity contribution in [3.63, 3.8) is 0 Å². The number of likely N-dealkylation sites (N-methyl/N-ethyl adjacent to an activating group) is 1. The predicted octanol–water partition coefficient (Wildman–Crippen LogP) is 4.73. The Labute approximate surface area is 225 Å². The minimum Gasteiger partial charge on any atom is -0.507 e. The molecule has 0 aromatic heterocycles. The van der Waals surface area contributed by atoms with Crippen LogP contribution < -0.4 is 14.2 Å². The second-order valence-corrected chi connectivity index (χ2v) is 8.94. The SMILES string of the molecule is C=CCOc1ccc(C2/C(=C(\O)c3ccc(OCC)cc3C)C(=O)C(=O)N2CCN(CC)CC)cc1OC. The number of Topliss-reactive ketones (excluding diaryl/α,β-unsaturated/α-hetero) is 1. The van der Waals surface area contributed by atoms with Gasteiger partial charge in [0.1, 0.15) is 18.1 Å². The summed E-state index contributed by atoms with van der Waals surface area (Å²) < 4.78 is 16.8. The molecule has 1 heterocycles. The maximum Gasteiger partial charge on any atom is 0.295 e. The van der Waals surface area contributed by atoms with Gasteiger partial charge in [-0.05, 0) is 68.4 Å². The van der Waals surface area contributed by atoms with Crippen molar-refractivity contribution in [3.05, 3.63) is 71.3 Å². The molecular weight excluding hydrogens is 484 g/mol. The highest BCUT2D eigenvalue weighted by molar-refractivity contribution is 6.46. The fourth-order valence-corrected chi connectivity index (χ4v) is 4.67. The maximum absolute atomic E-state index is 13.4. The summed E-state index contributed by atoms with van der Waals surface area (Å²) in [4.78, 5) is 30.5. The van der Waals surface area contributed by atoms with E-state index in [0.717, 1.165) is 18.7 Å². The van der Waals surface area contributed by atoms with Gasteiger partial charge in [0.2, 0.25) is 0 Å². The van der Waals surface area contributed by atoms with E-state index in [-0.39, 0.29) is 11.3 Å². The molecule has 1 unspecified atom stereocenters. The van der Waals surface area contributed by atoms with Gasteiger partial charge in [0, 0.05) is 18.7 Å². The topological polar surface area (TPSA) is 88.5 Å². The van der Waals surface area contributed by atoms with E-state index in [1.165, 1.54) is 12.0 Å². The summed E-state index contributed by atoms with van der Waals surface area (Å²) in [6.45, 7) is 14.9. The van der Waals surface area contributed by atoms with E-state index in [4.69, 9.17) is 14.2 Å². The van der Waals surface area contributed by atoms with E-state index in [9.17, 15) is 14.7 Å². The maximum atomic E-state index is 13.4. The minimum absolute atomic E-state index is 0.0450. The molecule has 1 N–H and O–H groups in total. The fraction of sp³-hybridized carbons (Fsp3) is 0.400. The first kappa shape index (κ1) is 28.8. The number of rotatable bonds is 13. The van der Waals surface area contributed by atoms with Gasteiger partial charge in [-0.2, -0.15) is 0 Å². The highest BCUT2D eigenvalue weighted by atomic mass is 16.5. The Hall–Kier alpha value is -3.78. The van der Waals surface area contributed by atoms with Crippen LogP contribution in [-0.2, 0) is 9.59 Å². The highest BCUT2D eigenvalue weighted by Gasteiger charge is 2.46. The normalized spacial score (nSPS) is 16.7. The number of methoxy groups -OCH3 is 1. The largest absolute Gasteiger partial charge is 0.507 e. The minimum atomic E-state index is -0.793.